The van der Waals surface area contributed by atoms with Gasteiger partial charge in [0.1, 0.15) is 0 Å². The van der Waals surface area contributed by atoms with Gasteiger partial charge in [0, 0.05) is 28.5 Å². The van der Waals surface area contributed by atoms with E-state index in [1.807, 2.05) is 42.5 Å². The smallest absolute Gasteiger partial charge is 0.310 e. The number of fused-ring (bicyclic) bond motifs is 4. The highest BCUT2D eigenvalue weighted by atomic mass is 32.2. The van der Waals surface area contributed by atoms with Gasteiger partial charge in [0.15, 0.2) is 23.0 Å². The van der Waals surface area contributed by atoms with Crippen LogP contribution in [0.1, 0.15) is 39.0 Å². The Labute approximate surface area is 299 Å². The maximum atomic E-state index is 13.9. The lowest BCUT2D eigenvalue weighted by Gasteiger charge is -2.39. The van der Waals surface area contributed by atoms with Crippen molar-refractivity contribution in [2.24, 2.45) is 11.8 Å². The first kappa shape index (κ1) is 33.2. The van der Waals surface area contributed by atoms with Gasteiger partial charge < -0.3 is 33.7 Å². The van der Waals surface area contributed by atoms with Gasteiger partial charge in [-0.25, -0.2) is 8.42 Å². The van der Waals surface area contributed by atoms with Crippen LogP contribution in [0.5, 0.6) is 28.7 Å². The Morgan fingerprint density at radius 2 is 1.46 bits per heavy atom. The Balaban J connectivity index is 1.12. The van der Waals surface area contributed by atoms with Crippen LogP contribution in [0.3, 0.4) is 0 Å². The largest absolute Gasteiger partial charge is 0.493 e. The number of amides is 1. The molecule has 12 nitrogen and oxygen atoms in total. The number of esters is 1. The monoisotopic (exact) mass is 722 g/mol. The van der Waals surface area contributed by atoms with Gasteiger partial charge in [-0.2, -0.15) is 0 Å². The molecular weight excluding hydrogens is 689 g/mol. The summed E-state index contributed by atoms with van der Waals surface area (Å²) in [7, 11) is 0.642. The second-order valence-electron chi connectivity index (χ2n) is 12.7. The van der Waals surface area contributed by atoms with Crippen LogP contribution in [0, 0.1) is 11.8 Å². The van der Waals surface area contributed by atoms with E-state index in [4.69, 9.17) is 28.4 Å². The molecule has 1 amide bonds. The first-order valence-electron chi connectivity index (χ1n) is 16.5. The van der Waals surface area contributed by atoms with Gasteiger partial charge in [-0.1, -0.05) is 36.4 Å². The topological polar surface area (TPSA) is 148 Å². The van der Waals surface area contributed by atoms with E-state index in [0.29, 0.717) is 45.4 Å². The van der Waals surface area contributed by atoms with Gasteiger partial charge in [-0.05, 0) is 76.7 Å². The summed E-state index contributed by atoms with van der Waals surface area (Å²) in [4.78, 5) is 27.6. The van der Waals surface area contributed by atoms with Crippen LogP contribution in [0.25, 0.3) is 10.8 Å². The molecule has 5 aromatic rings. The molecule has 0 spiro atoms. The van der Waals surface area contributed by atoms with Gasteiger partial charge >= 0.3 is 5.97 Å². The third kappa shape index (κ3) is 5.57. The predicted molar refractivity (Wildman–Crippen MR) is 190 cm³/mol. The van der Waals surface area contributed by atoms with Gasteiger partial charge in [-0.15, -0.1) is 0 Å². The standard InChI is InChI=1S/C39H34N2O10S/c1-46-31-15-23(16-32(47-2)37(31)48-3)34-26-17-29-30(51-20-50-29)18-27(26)36(28-19-49-39(43)35(28)34)40-38(42)22-11-13-24(14-12-22)41-52(44,45)33-10-6-8-21-7-4-5-9-25(21)33/h4-18,28,34-36,41H,19-20H2,1-3H3,(H,40,42)/t28-,34+,35-,36+/m0/s1. The van der Waals surface area contributed by atoms with E-state index in [0.717, 1.165) is 22.1 Å². The van der Waals surface area contributed by atoms with Crippen LogP contribution in [-0.4, -0.2) is 55.0 Å². The number of ether oxygens (including phenoxy) is 6. The Morgan fingerprint density at radius 1 is 0.788 bits per heavy atom. The second kappa shape index (κ2) is 13.0. The molecule has 3 aliphatic rings. The number of benzene rings is 5. The number of cyclic esters (lactones) is 1. The zero-order valence-corrected chi connectivity index (χ0v) is 29.2. The summed E-state index contributed by atoms with van der Waals surface area (Å²) in [6, 6.07) is 25.2. The van der Waals surface area contributed by atoms with E-state index >= 15 is 0 Å². The maximum Gasteiger partial charge on any atom is 0.310 e. The third-order valence-electron chi connectivity index (χ3n) is 9.96. The summed E-state index contributed by atoms with van der Waals surface area (Å²) in [5, 5.41) is 4.55. The highest BCUT2D eigenvalue weighted by Gasteiger charge is 2.53. The van der Waals surface area contributed by atoms with Gasteiger partial charge in [0.2, 0.25) is 12.5 Å². The molecule has 266 valence electrons. The molecular formula is C39H34N2O10S. The fourth-order valence-electron chi connectivity index (χ4n) is 7.58. The van der Waals surface area contributed by atoms with E-state index in [1.165, 1.54) is 33.5 Å². The van der Waals surface area contributed by atoms with Crippen LogP contribution in [-0.2, 0) is 19.6 Å². The quantitative estimate of drug-likeness (QED) is 0.179. The lowest BCUT2D eigenvalue weighted by molar-refractivity contribution is -0.141. The number of sulfonamides is 1. The molecule has 2 heterocycles. The lowest BCUT2D eigenvalue weighted by Crippen LogP contribution is -2.42. The van der Waals surface area contributed by atoms with E-state index in [1.54, 1.807) is 36.4 Å². The van der Waals surface area contributed by atoms with Crippen molar-refractivity contribution in [2.75, 3.05) is 39.5 Å². The molecule has 1 saturated heterocycles. The van der Waals surface area contributed by atoms with Gasteiger partial charge in [0.05, 0.1) is 44.8 Å². The van der Waals surface area contributed by atoms with E-state index in [-0.39, 0.29) is 18.3 Å². The molecule has 5 aromatic carbocycles. The van der Waals surface area contributed by atoms with Crippen molar-refractivity contribution in [1.82, 2.24) is 5.32 Å². The van der Waals surface area contributed by atoms with Crippen molar-refractivity contribution < 1.29 is 46.4 Å². The summed E-state index contributed by atoms with van der Waals surface area (Å²) >= 11 is 0. The second-order valence-corrected chi connectivity index (χ2v) is 14.4. The molecule has 2 aliphatic heterocycles. The van der Waals surface area contributed by atoms with Gasteiger partial charge in [-0.3, -0.25) is 14.3 Å². The predicted octanol–water partition coefficient (Wildman–Crippen LogP) is 5.80. The number of carbonyl (C=O) groups is 2. The summed E-state index contributed by atoms with van der Waals surface area (Å²) in [6.07, 6.45) is 0. The molecule has 0 saturated carbocycles. The van der Waals surface area contributed by atoms with Crippen LogP contribution in [0.4, 0.5) is 5.69 Å². The van der Waals surface area contributed by atoms with Crippen molar-refractivity contribution in [3.63, 3.8) is 0 Å². The van der Waals surface area contributed by atoms with Crippen molar-refractivity contribution in [3.05, 3.63) is 113 Å². The van der Waals surface area contributed by atoms with Crippen molar-refractivity contribution in [3.8, 4) is 28.7 Å². The summed E-state index contributed by atoms with van der Waals surface area (Å²) in [5.41, 5.74) is 2.82. The fourth-order valence-corrected chi connectivity index (χ4v) is 8.87. The normalized spacial score (nSPS) is 20.0. The average Bonchev–Trinajstić information content (AvgIpc) is 3.79. The van der Waals surface area contributed by atoms with E-state index < -0.39 is 45.7 Å². The van der Waals surface area contributed by atoms with Crippen molar-refractivity contribution >= 4 is 38.4 Å². The Hall–Kier alpha value is -5.95. The molecule has 1 aliphatic carbocycles. The molecule has 0 bridgehead atoms. The molecule has 0 radical (unpaired) electrons. The molecule has 2 N–H and O–H groups in total. The highest BCUT2D eigenvalue weighted by Crippen LogP contribution is 2.55. The van der Waals surface area contributed by atoms with Crippen LogP contribution in [0.2, 0.25) is 0 Å². The molecule has 8 rings (SSSR count). The molecule has 0 unspecified atom stereocenters. The summed E-state index contributed by atoms with van der Waals surface area (Å²) in [6.45, 7) is 0.119. The molecule has 4 atom stereocenters. The number of hydrogen-bond acceptors (Lipinski definition) is 10. The van der Waals surface area contributed by atoms with Crippen molar-refractivity contribution in [1.29, 1.82) is 0 Å². The Bertz CT molecular complexity index is 2310. The molecule has 0 aromatic heterocycles. The number of anilines is 1. The molecule has 13 heteroatoms. The average molecular weight is 723 g/mol. The summed E-state index contributed by atoms with van der Waals surface area (Å²) in [5.74, 6) is -0.122. The fraction of sp³-hybridized carbons (Fsp3) is 0.231. The van der Waals surface area contributed by atoms with Crippen molar-refractivity contribution in [2.45, 2.75) is 16.9 Å². The number of methoxy groups -OCH3 is 3. The first-order valence-corrected chi connectivity index (χ1v) is 18.0. The minimum absolute atomic E-state index is 0.0373. The van der Waals surface area contributed by atoms with E-state index in [9.17, 15) is 18.0 Å². The minimum atomic E-state index is -3.93. The summed E-state index contributed by atoms with van der Waals surface area (Å²) < 4.78 is 63.4. The Kier molecular flexibility index (Phi) is 8.29. The van der Waals surface area contributed by atoms with Gasteiger partial charge in [0.25, 0.3) is 15.9 Å². The van der Waals surface area contributed by atoms with E-state index in [2.05, 4.69) is 10.0 Å². The first-order chi connectivity index (χ1) is 25.2. The Morgan fingerprint density at radius 3 is 2.15 bits per heavy atom. The SMILES string of the molecule is COc1cc([C@@H]2c3cc4c(cc3[C@@H](NC(=O)c3ccc(NS(=O)(=O)c5cccc6ccccc56)cc3)[C@H]3COC(=O)[C@H]23)OCO4)cc(OC)c1OC. The zero-order chi connectivity index (χ0) is 36.1. The molecule has 52 heavy (non-hydrogen) atoms. The van der Waals surface area contributed by atoms with Crippen LogP contribution >= 0.6 is 0 Å². The third-order valence-corrected chi connectivity index (χ3v) is 11.4. The number of nitrogens with one attached hydrogen (secondary N) is 2. The lowest BCUT2D eigenvalue weighted by atomic mass is 9.65. The minimum Gasteiger partial charge on any atom is -0.493 e. The zero-order valence-electron chi connectivity index (χ0n) is 28.4. The number of rotatable bonds is 9. The molecule has 1 fully saturated rings. The highest BCUT2D eigenvalue weighted by molar-refractivity contribution is 7.93. The number of hydrogen-bond donors (Lipinski definition) is 2. The van der Waals surface area contributed by atoms with Crippen LogP contribution < -0.4 is 33.7 Å². The maximum absolute atomic E-state index is 13.9. The van der Waals surface area contributed by atoms with Crippen LogP contribution in [0.15, 0.2) is 95.9 Å². The number of carbonyl (C=O) groups excluding carboxylic acids is 2.